The van der Waals surface area contributed by atoms with E-state index in [1.807, 2.05) is 18.2 Å². The zero-order valence-electron chi connectivity index (χ0n) is 10.2. The molecule has 1 nitrogen and oxygen atoms in total. The Kier molecular flexibility index (Phi) is 3.76. The Hall–Kier alpha value is -1.45. The molecule has 0 fully saturated rings. The molecule has 3 aromatic rings. The van der Waals surface area contributed by atoms with Gasteiger partial charge in [-0.25, -0.2) is 4.98 Å². The van der Waals surface area contributed by atoms with Crippen molar-refractivity contribution in [3.8, 4) is 21.8 Å². The SMILES string of the molecule is BrCc1ccc(-c2nc(-c3ccccc3)cs2)cc1. The first-order chi connectivity index (χ1) is 9.36. The normalized spacial score (nSPS) is 10.6. The Balaban J connectivity index is 1.92. The van der Waals surface area contributed by atoms with E-state index in [4.69, 9.17) is 4.98 Å². The molecule has 1 heterocycles. The molecule has 1 aromatic heterocycles. The van der Waals surface area contributed by atoms with Gasteiger partial charge in [-0.05, 0) is 5.56 Å². The number of thiazole rings is 1. The molecule has 0 bridgehead atoms. The van der Waals surface area contributed by atoms with Crippen LogP contribution in [0.3, 0.4) is 0 Å². The molecule has 0 unspecified atom stereocenters. The average Bonchev–Trinajstić information content (AvgIpc) is 2.98. The fourth-order valence-corrected chi connectivity index (χ4v) is 3.09. The minimum absolute atomic E-state index is 0.889. The van der Waals surface area contributed by atoms with Crippen molar-refractivity contribution in [2.45, 2.75) is 5.33 Å². The zero-order chi connectivity index (χ0) is 13.1. The second-order valence-electron chi connectivity index (χ2n) is 4.23. The van der Waals surface area contributed by atoms with Gasteiger partial charge in [-0.15, -0.1) is 11.3 Å². The van der Waals surface area contributed by atoms with Gasteiger partial charge in [0.25, 0.3) is 0 Å². The van der Waals surface area contributed by atoms with Crippen LogP contribution in [0.5, 0.6) is 0 Å². The van der Waals surface area contributed by atoms with Crippen molar-refractivity contribution in [1.29, 1.82) is 0 Å². The topological polar surface area (TPSA) is 12.9 Å². The lowest BCUT2D eigenvalue weighted by Crippen LogP contribution is -1.81. The molecule has 0 aliphatic carbocycles. The zero-order valence-corrected chi connectivity index (χ0v) is 12.6. The van der Waals surface area contributed by atoms with Crippen molar-refractivity contribution in [3.63, 3.8) is 0 Å². The predicted molar refractivity (Wildman–Crippen MR) is 85.6 cm³/mol. The third-order valence-corrected chi connectivity index (χ3v) is 4.47. The lowest BCUT2D eigenvalue weighted by atomic mass is 10.1. The first-order valence-electron chi connectivity index (χ1n) is 6.03. The summed E-state index contributed by atoms with van der Waals surface area (Å²) in [5.74, 6) is 0. The van der Waals surface area contributed by atoms with Crippen LogP contribution in [0, 0.1) is 0 Å². The highest BCUT2D eigenvalue weighted by atomic mass is 79.9. The molecule has 0 amide bonds. The number of alkyl halides is 1. The molecule has 3 heteroatoms. The van der Waals surface area contributed by atoms with E-state index in [-0.39, 0.29) is 0 Å². The van der Waals surface area contributed by atoms with Gasteiger partial charge in [0.05, 0.1) is 5.69 Å². The van der Waals surface area contributed by atoms with Crippen LogP contribution < -0.4 is 0 Å². The number of benzene rings is 2. The van der Waals surface area contributed by atoms with Gasteiger partial charge in [-0.3, -0.25) is 0 Å². The smallest absolute Gasteiger partial charge is 0.124 e. The molecule has 0 spiro atoms. The summed E-state index contributed by atoms with van der Waals surface area (Å²) in [6, 6.07) is 18.8. The fraction of sp³-hybridized carbons (Fsp3) is 0.0625. The summed E-state index contributed by atoms with van der Waals surface area (Å²) in [7, 11) is 0. The summed E-state index contributed by atoms with van der Waals surface area (Å²) in [6.45, 7) is 0. The first kappa shape index (κ1) is 12.6. The molecule has 0 aliphatic rings. The largest absolute Gasteiger partial charge is 0.236 e. The van der Waals surface area contributed by atoms with E-state index in [0.29, 0.717) is 0 Å². The van der Waals surface area contributed by atoms with E-state index in [1.54, 1.807) is 11.3 Å². The van der Waals surface area contributed by atoms with Crippen LogP contribution in [0.25, 0.3) is 21.8 Å². The van der Waals surface area contributed by atoms with Gasteiger partial charge < -0.3 is 0 Å². The molecular weight excluding hydrogens is 318 g/mol. The molecule has 0 saturated heterocycles. The van der Waals surface area contributed by atoms with Crippen molar-refractivity contribution >= 4 is 27.3 Å². The number of nitrogens with zero attached hydrogens (tertiary/aromatic N) is 1. The standard InChI is InChI=1S/C16H12BrNS/c17-10-12-6-8-14(9-7-12)16-18-15(11-19-16)13-4-2-1-3-5-13/h1-9,11H,10H2. The lowest BCUT2D eigenvalue weighted by molar-refractivity contribution is 1.38. The molecule has 2 aromatic carbocycles. The molecule has 94 valence electrons. The van der Waals surface area contributed by atoms with Crippen molar-refractivity contribution in [2.24, 2.45) is 0 Å². The second kappa shape index (κ2) is 5.68. The van der Waals surface area contributed by atoms with Crippen LogP contribution in [0.15, 0.2) is 60.0 Å². The van der Waals surface area contributed by atoms with Crippen molar-refractivity contribution in [1.82, 2.24) is 4.98 Å². The van der Waals surface area contributed by atoms with Gasteiger partial charge in [0, 0.05) is 21.8 Å². The molecule has 0 saturated carbocycles. The number of halogens is 1. The first-order valence-corrected chi connectivity index (χ1v) is 8.03. The van der Waals surface area contributed by atoms with Gasteiger partial charge in [-0.2, -0.15) is 0 Å². The Morgan fingerprint density at radius 3 is 2.32 bits per heavy atom. The van der Waals surface area contributed by atoms with E-state index in [2.05, 4.69) is 57.7 Å². The maximum Gasteiger partial charge on any atom is 0.124 e. The molecule has 0 atom stereocenters. The minimum atomic E-state index is 0.889. The summed E-state index contributed by atoms with van der Waals surface area (Å²) in [5, 5.41) is 4.07. The Morgan fingerprint density at radius 2 is 1.63 bits per heavy atom. The third-order valence-electron chi connectivity index (χ3n) is 2.93. The summed E-state index contributed by atoms with van der Waals surface area (Å²) in [4.78, 5) is 4.71. The van der Waals surface area contributed by atoms with E-state index in [9.17, 15) is 0 Å². The minimum Gasteiger partial charge on any atom is -0.236 e. The Morgan fingerprint density at radius 1 is 0.895 bits per heavy atom. The van der Waals surface area contributed by atoms with Gasteiger partial charge in [0.2, 0.25) is 0 Å². The Bertz CT molecular complexity index is 659. The molecule has 19 heavy (non-hydrogen) atoms. The lowest BCUT2D eigenvalue weighted by Gasteiger charge is -1.98. The highest BCUT2D eigenvalue weighted by Crippen LogP contribution is 2.29. The van der Waals surface area contributed by atoms with Crippen LogP contribution in [0.4, 0.5) is 0 Å². The van der Waals surface area contributed by atoms with Crippen molar-refractivity contribution in [3.05, 3.63) is 65.5 Å². The maximum atomic E-state index is 4.71. The average molecular weight is 330 g/mol. The quantitative estimate of drug-likeness (QED) is 0.588. The highest BCUT2D eigenvalue weighted by molar-refractivity contribution is 9.08. The molecule has 0 N–H and O–H groups in total. The third kappa shape index (κ3) is 2.77. The van der Waals surface area contributed by atoms with Crippen molar-refractivity contribution in [2.75, 3.05) is 0 Å². The van der Waals surface area contributed by atoms with E-state index in [0.717, 1.165) is 16.0 Å². The second-order valence-corrected chi connectivity index (χ2v) is 5.65. The number of rotatable bonds is 3. The van der Waals surface area contributed by atoms with Crippen LogP contribution in [-0.2, 0) is 5.33 Å². The van der Waals surface area contributed by atoms with Gasteiger partial charge in [0.15, 0.2) is 0 Å². The summed E-state index contributed by atoms with van der Waals surface area (Å²) >= 11 is 5.15. The van der Waals surface area contributed by atoms with Gasteiger partial charge in [0.1, 0.15) is 5.01 Å². The number of aromatic nitrogens is 1. The van der Waals surface area contributed by atoms with E-state index < -0.39 is 0 Å². The van der Waals surface area contributed by atoms with Gasteiger partial charge in [-0.1, -0.05) is 70.5 Å². The fourth-order valence-electron chi connectivity index (χ4n) is 1.88. The summed E-state index contributed by atoms with van der Waals surface area (Å²) in [6.07, 6.45) is 0. The summed E-state index contributed by atoms with van der Waals surface area (Å²) < 4.78 is 0. The number of hydrogen-bond donors (Lipinski definition) is 0. The maximum absolute atomic E-state index is 4.71. The van der Waals surface area contributed by atoms with Crippen LogP contribution in [0.2, 0.25) is 0 Å². The van der Waals surface area contributed by atoms with Crippen LogP contribution in [0.1, 0.15) is 5.56 Å². The molecule has 3 rings (SSSR count). The molecular formula is C16H12BrNS. The van der Waals surface area contributed by atoms with Gasteiger partial charge >= 0.3 is 0 Å². The molecule has 0 aliphatic heterocycles. The van der Waals surface area contributed by atoms with Crippen molar-refractivity contribution < 1.29 is 0 Å². The van der Waals surface area contributed by atoms with Crippen LogP contribution >= 0.6 is 27.3 Å². The molecule has 0 radical (unpaired) electrons. The Labute approximate surface area is 125 Å². The highest BCUT2D eigenvalue weighted by Gasteiger charge is 2.06. The van der Waals surface area contributed by atoms with Crippen LogP contribution in [-0.4, -0.2) is 4.98 Å². The summed E-state index contributed by atoms with van der Waals surface area (Å²) in [5.41, 5.74) is 4.67. The van der Waals surface area contributed by atoms with E-state index >= 15 is 0 Å². The number of hydrogen-bond acceptors (Lipinski definition) is 2. The predicted octanol–water partition coefficient (Wildman–Crippen LogP) is 5.37. The monoisotopic (exact) mass is 329 g/mol. The van der Waals surface area contributed by atoms with E-state index in [1.165, 1.54) is 16.7 Å².